The van der Waals surface area contributed by atoms with E-state index in [-0.39, 0.29) is 21.7 Å². The Morgan fingerprint density at radius 1 is 1.19 bits per heavy atom. The van der Waals surface area contributed by atoms with Crippen LogP contribution in [0.3, 0.4) is 0 Å². The Morgan fingerprint density at radius 2 is 1.92 bits per heavy atom. The van der Waals surface area contributed by atoms with Gasteiger partial charge in [-0.05, 0) is 37.1 Å². The molecule has 26 heavy (non-hydrogen) atoms. The SMILES string of the molecule is COc1ccc(S(=O)(=O)N2CCCC2)cc1NC(=O)c1ccc(=O)[nH]c1. The number of amides is 1. The molecule has 1 saturated heterocycles. The first-order chi connectivity index (χ1) is 12.4. The van der Waals surface area contributed by atoms with Crippen LogP contribution >= 0.6 is 0 Å². The quantitative estimate of drug-likeness (QED) is 0.819. The molecule has 2 heterocycles. The molecule has 138 valence electrons. The second kappa shape index (κ2) is 7.30. The number of nitrogens with one attached hydrogen (secondary N) is 2. The van der Waals surface area contributed by atoms with Gasteiger partial charge in [0.15, 0.2) is 0 Å². The molecule has 8 nitrogen and oxygen atoms in total. The van der Waals surface area contributed by atoms with Gasteiger partial charge in [-0.15, -0.1) is 0 Å². The van der Waals surface area contributed by atoms with Crippen molar-refractivity contribution in [3.8, 4) is 5.75 Å². The van der Waals surface area contributed by atoms with Crippen LogP contribution in [0.2, 0.25) is 0 Å². The number of nitrogens with zero attached hydrogens (tertiary/aromatic N) is 1. The number of pyridine rings is 1. The third-order valence-corrected chi connectivity index (χ3v) is 6.06. The van der Waals surface area contributed by atoms with Gasteiger partial charge < -0.3 is 15.0 Å². The van der Waals surface area contributed by atoms with E-state index in [0.717, 1.165) is 12.8 Å². The number of hydrogen-bond acceptors (Lipinski definition) is 5. The molecule has 0 atom stereocenters. The Morgan fingerprint density at radius 3 is 2.54 bits per heavy atom. The third-order valence-electron chi connectivity index (χ3n) is 4.17. The van der Waals surface area contributed by atoms with E-state index in [1.807, 2.05) is 0 Å². The maximum atomic E-state index is 12.7. The standard InChI is InChI=1S/C17H19N3O5S/c1-25-15-6-5-13(26(23,24)20-8-2-3-9-20)10-14(15)19-17(22)12-4-7-16(21)18-11-12/h4-7,10-11H,2-3,8-9H2,1H3,(H,18,21)(H,19,22). The molecule has 1 aromatic carbocycles. The van der Waals surface area contributed by atoms with E-state index in [9.17, 15) is 18.0 Å². The van der Waals surface area contributed by atoms with Gasteiger partial charge in [0.2, 0.25) is 15.6 Å². The molecule has 9 heteroatoms. The van der Waals surface area contributed by atoms with Gasteiger partial charge in [-0.25, -0.2) is 8.42 Å². The van der Waals surface area contributed by atoms with Crippen molar-refractivity contribution in [2.24, 2.45) is 0 Å². The summed E-state index contributed by atoms with van der Waals surface area (Å²) in [5.41, 5.74) is 0.154. The van der Waals surface area contributed by atoms with Crippen LogP contribution in [0, 0.1) is 0 Å². The van der Waals surface area contributed by atoms with Crippen molar-refractivity contribution < 1.29 is 17.9 Å². The Balaban J connectivity index is 1.91. The van der Waals surface area contributed by atoms with E-state index >= 15 is 0 Å². The second-order valence-electron chi connectivity index (χ2n) is 5.87. The summed E-state index contributed by atoms with van der Waals surface area (Å²) in [5, 5.41) is 2.63. The molecule has 1 fully saturated rings. The minimum atomic E-state index is -3.61. The van der Waals surface area contributed by atoms with Crippen molar-refractivity contribution in [3.05, 3.63) is 52.4 Å². The molecule has 1 aliphatic heterocycles. The zero-order valence-electron chi connectivity index (χ0n) is 14.2. The minimum Gasteiger partial charge on any atom is -0.495 e. The highest BCUT2D eigenvalue weighted by atomic mass is 32.2. The third kappa shape index (κ3) is 3.63. The van der Waals surface area contributed by atoms with Crippen molar-refractivity contribution >= 4 is 21.6 Å². The predicted molar refractivity (Wildman–Crippen MR) is 96.0 cm³/mol. The Hall–Kier alpha value is -2.65. The van der Waals surface area contributed by atoms with Crippen LogP contribution in [0.1, 0.15) is 23.2 Å². The average Bonchev–Trinajstić information content (AvgIpc) is 3.17. The molecular weight excluding hydrogens is 358 g/mol. The number of H-pyrrole nitrogens is 1. The number of hydrogen-bond donors (Lipinski definition) is 2. The molecule has 3 rings (SSSR count). The zero-order valence-corrected chi connectivity index (χ0v) is 15.0. The molecule has 0 spiro atoms. The van der Waals surface area contributed by atoms with Crippen LogP contribution in [0.4, 0.5) is 5.69 Å². The lowest BCUT2D eigenvalue weighted by molar-refractivity contribution is 0.102. The lowest BCUT2D eigenvalue weighted by Crippen LogP contribution is -2.28. The normalized spacial score (nSPS) is 15.0. The van der Waals surface area contributed by atoms with Gasteiger partial charge in [-0.1, -0.05) is 0 Å². The van der Waals surface area contributed by atoms with Crippen molar-refractivity contribution in [2.75, 3.05) is 25.5 Å². The Bertz CT molecular complexity index is 958. The number of carbonyl (C=O) groups excluding carboxylic acids is 1. The highest BCUT2D eigenvalue weighted by molar-refractivity contribution is 7.89. The number of aromatic nitrogens is 1. The molecule has 0 aliphatic carbocycles. The fourth-order valence-electron chi connectivity index (χ4n) is 2.77. The molecule has 2 N–H and O–H groups in total. The number of carbonyl (C=O) groups is 1. The molecule has 0 saturated carbocycles. The largest absolute Gasteiger partial charge is 0.495 e. The summed E-state index contributed by atoms with van der Waals surface area (Å²) in [6.07, 6.45) is 2.96. The highest BCUT2D eigenvalue weighted by Crippen LogP contribution is 2.30. The van der Waals surface area contributed by atoms with E-state index in [1.165, 1.54) is 47.9 Å². The Kier molecular flexibility index (Phi) is 5.10. The summed E-state index contributed by atoms with van der Waals surface area (Å²) in [6, 6.07) is 6.97. The van der Waals surface area contributed by atoms with Crippen molar-refractivity contribution in [3.63, 3.8) is 0 Å². The van der Waals surface area contributed by atoms with E-state index in [1.54, 1.807) is 0 Å². The number of benzene rings is 1. The van der Waals surface area contributed by atoms with Crippen molar-refractivity contribution in [1.29, 1.82) is 0 Å². The summed E-state index contributed by atoms with van der Waals surface area (Å²) in [4.78, 5) is 26.0. The number of rotatable bonds is 5. The van der Waals surface area contributed by atoms with Crippen LogP contribution in [0.25, 0.3) is 0 Å². The number of sulfonamides is 1. The molecule has 1 amide bonds. The number of anilines is 1. The molecule has 2 aromatic rings. The zero-order chi connectivity index (χ0) is 18.7. The van der Waals surface area contributed by atoms with E-state index < -0.39 is 15.9 Å². The van der Waals surface area contributed by atoms with E-state index in [0.29, 0.717) is 18.8 Å². The molecule has 1 aliphatic rings. The Labute approximate surface area is 150 Å². The summed E-state index contributed by atoms with van der Waals surface area (Å²) >= 11 is 0. The first-order valence-electron chi connectivity index (χ1n) is 8.10. The second-order valence-corrected chi connectivity index (χ2v) is 7.81. The molecular formula is C17H19N3O5S. The maximum absolute atomic E-state index is 12.7. The van der Waals surface area contributed by atoms with Crippen LogP contribution in [-0.2, 0) is 10.0 Å². The first-order valence-corrected chi connectivity index (χ1v) is 9.54. The van der Waals surface area contributed by atoms with Crippen LogP contribution < -0.4 is 15.6 Å². The maximum Gasteiger partial charge on any atom is 0.257 e. The molecule has 0 radical (unpaired) electrons. The lowest BCUT2D eigenvalue weighted by atomic mass is 10.2. The summed E-state index contributed by atoms with van der Waals surface area (Å²) < 4.78 is 32.1. The van der Waals surface area contributed by atoms with Gasteiger partial charge in [0.05, 0.1) is 23.3 Å². The lowest BCUT2D eigenvalue weighted by Gasteiger charge is -2.17. The van der Waals surface area contributed by atoms with Crippen molar-refractivity contribution in [1.82, 2.24) is 9.29 Å². The minimum absolute atomic E-state index is 0.0944. The topological polar surface area (TPSA) is 109 Å². The molecule has 1 aromatic heterocycles. The van der Waals surface area contributed by atoms with Crippen LogP contribution in [0.15, 0.2) is 46.2 Å². The number of ether oxygens (including phenoxy) is 1. The van der Waals surface area contributed by atoms with Gasteiger partial charge in [0.1, 0.15) is 5.75 Å². The van der Waals surface area contributed by atoms with Gasteiger partial charge in [0.25, 0.3) is 5.91 Å². The highest BCUT2D eigenvalue weighted by Gasteiger charge is 2.28. The van der Waals surface area contributed by atoms with Crippen LogP contribution in [-0.4, -0.2) is 43.8 Å². The fraction of sp³-hybridized carbons (Fsp3) is 0.294. The number of methoxy groups -OCH3 is 1. The van der Waals surface area contributed by atoms with Gasteiger partial charge in [0, 0.05) is 25.4 Å². The summed E-state index contributed by atoms with van der Waals surface area (Å²) in [6.45, 7) is 0.987. The van der Waals surface area contributed by atoms with Gasteiger partial charge >= 0.3 is 0 Å². The number of aromatic amines is 1. The van der Waals surface area contributed by atoms with Crippen LogP contribution in [0.5, 0.6) is 5.75 Å². The first kappa shape index (κ1) is 18.2. The van der Waals surface area contributed by atoms with Crippen molar-refractivity contribution in [2.45, 2.75) is 17.7 Å². The molecule has 0 bridgehead atoms. The fourth-order valence-corrected chi connectivity index (χ4v) is 4.31. The van der Waals surface area contributed by atoms with Gasteiger partial charge in [-0.3, -0.25) is 9.59 Å². The van der Waals surface area contributed by atoms with E-state index in [4.69, 9.17) is 4.74 Å². The average molecular weight is 377 g/mol. The predicted octanol–water partition coefficient (Wildman–Crippen LogP) is 1.42. The monoisotopic (exact) mass is 377 g/mol. The molecule has 0 unspecified atom stereocenters. The summed E-state index contributed by atoms with van der Waals surface area (Å²) in [5.74, 6) is -0.154. The van der Waals surface area contributed by atoms with E-state index in [2.05, 4.69) is 10.3 Å². The smallest absolute Gasteiger partial charge is 0.257 e. The van der Waals surface area contributed by atoms with Gasteiger partial charge in [-0.2, -0.15) is 4.31 Å². The summed E-state index contributed by atoms with van der Waals surface area (Å²) in [7, 11) is -2.18.